The van der Waals surface area contributed by atoms with Crippen molar-refractivity contribution >= 4 is 40.7 Å². The molecule has 1 nitrogen and oxygen atoms in total. The Balaban J connectivity index is 1.86. The fourth-order valence-electron chi connectivity index (χ4n) is 2.53. The first-order chi connectivity index (χ1) is 12.1. The molecule has 0 aliphatic carbocycles. The maximum Gasteiger partial charge on any atom is 0.164 e. The van der Waals surface area contributed by atoms with Crippen molar-refractivity contribution in [2.24, 2.45) is 0 Å². The standard InChI is InChI=1S/C21H16Cl2OS/c22-17-11-12-20(18(23)13-17)25-21(16-9-5-2-6-10-16)14-19(24)15-7-3-1-4-8-15/h1-13,21H,14H2/t21-/m1/s1. The Kier molecular flexibility index (Phi) is 6.19. The van der Waals surface area contributed by atoms with Crippen molar-refractivity contribution in [3.05, 3.63) is 100 Å². The summed E-state index contributed by atoms with van der Waals surface area (Å²) >= 11 is 13.9. The molecule has 0 fully saturated rings. The van der Waals surface area contributed by atoms with Crippen molar-refractivity contribution in [2.45, 2.75) is 16.6 Å². The van der Waals surface area contributed by atoms with Gasteiger partial charge < -0.3 is 0 Å². The van der Waals surface area contributed by atoms with E-state index in [1.165, 1.54) is 0 Å². The number of carbonyl (C=O) groups is 1. The molecule has 3 aromatic rings. The van der Waals surface area contributed by atoms with Crippen molar-refractivity contribution < 1.29 is 4.79 Å². The third kappa shape index (κ3) is 4.88. The molecule has 0 aromatic heterocycles. The summed E-state index contributed by atoms with van der Waals surface area (Å²) in [6.07, 6.45) is 0.400. The van der Waals surface area contributed by atoms with Crippen LogP contribution in [0.25, 0.3) is 0 Å². The van der Waals surface area contributed by atoms with Crippen LogP contribution in [-0.2, 0) is 0 Å². The van der Waals surface area contributed by atoms with Crippen LogP contribution in [0, 0.1) is 0 Å². The van der Waals surface area contributed by atoms with Crippen LogP contribution in [0.4, 0.5) is 0 Å². The highest BCUT2D eigenvalue weighted by Gasteiger charge is 2.19. The van der Waals surface area contributed by atoms with Gasteiger partial charge in [0.1, 0.15) is 0 Å². The molecule has 0 N–H and O–H groups in total. The van der Waals surface area contributed by atoms with Gasteiger partial charge in [0.2, 0.25) is 0 Å². The highest BCUT2D eigenvalue weighted by molar-refractivity contribution is 7.99. The van der Waals surface area contributed by atoms with Gasteiger partial charge in [-0.2, -0.15) is 0 Å². The summed E-state index contributed by atoms with van der Waals surface area (Å²) in [6.45, 7) is 0. The number of hydrogen-bond donors (Lipinski definition) is 0. The van der Waals surface area contributed by atoms with Crippen LogP contribution < -0.4 is 0 Å². The molecule has 0 amide bonds. The van der Waals surface area contributed by atoms with E-state index in [2.05, 4.69) is 0 Å². The zero-order valence-electron chi connectivity index (χ0n) is 13.4. The Bertz CT molecular complexity index is 850. The number of ketones is 1. The van der Waals surface area contributed by atoms with Crippen molar-refractivity contribution in [3.63, 3.8) is 0 Å². The molecule has 0 saturated carbocycles. The van der Waals surface area contributed by atoms with Crippen LogP contribution in [0.2, 0.25) is 10.0 Å². The van der Waals surface area contributed by atoms with Gasteiger partial charge in [-0.05, 0) is 23.8 Å². The molecule has 0 saturated heterocycles. The average Bonchev–Trinajstić information content (AvgIpc) is 2.64. The van der Waals surface area contributed by atoms with E-state index in [1.807, 2.05) is 72.8 Å². The molecule has 25 heavy (non-hydrogen) atoms. The molecule has 1 atom stereocenters. The summed E-state index contributed by atoms with van der Waals surface area (Å²) in [5.74, 6) is 0.118. The van der Waals surface area contributed by atoms with E-state index in [1.54, 1.807) is 17.8 Å². The van der Waals surface area contributed by atoms with Crippen molar-refractivity contribution in [1.29, 1.82) is 0 Å². The quantitative estimate of drug-likeness (QED) is 0.331. The molecule has 4 heteroatoms. The average molecular weight is 387 g/mol. The second-order valence-electron chi connectivity index (χ2n) is 5.59. The molecule has 0 aliphatic heterocycles. The minimum atomic E-state index is -0.0208. The van der Waals surface area contributed by atoms with Crippen molar-refractivity contribution in [1.82, 2.24) is 0 Å². The van der Waals surface area contributed by atoms with Gasteiger partial charge in [0.05, 0.1) is 5.02 Å². The molecule has 0 radical (unpaired) electrons. The Hall–Kier alpha value is -1.74. The normalized spacial score (nSPS) is 11.9. The predicted molar refractivity (Wildman–Crippen MR) is 107 cm³/mol. The summed E-state index contributed by atoms with van der Waals surface area (Å²) in [7, 11) is 0. The first-order valence-corrected chi connectivity index (χ1v) is 9.52. The molecular formula is C21H16Cl2OS. The second-order valence-corrected chi connectivity index (χ2v) is 7.67. The van der Waals surface area contributed by atoms with Crippen LogP contribution in [0.5, 0.6) is 0 Å². The molecule has 3 aromatic carbocycles. The first kappa shape index (κ1) is 18.1. The molecule has 0 bridgehead atoms. The molecule has 0 spiro atoms. The van der Waals surface area contributed by atoms with E-state index < -0.39 is 0 Å². The highest BCUT2D eigenvalue weighted by atomic mass is 35.5. The summed E-state index contributed by atoms with van der Waals surface area (Å²) in [6, 6.07) is 24.9. The van der Waals surface area contributed by atoms with Gasteiger partial charge in [0.15, 0.2) is 5.78 Å². The monoisotopic (exact) mass is 386 g/mol. The Morgan fingerprint density at radius 3 is 2.16 bits per heavy atom. The van der Waals surface area contributed by atoms with Crippen LogP contribution >= 0.6 is 35.0 Å². The summed E-state index contributed by atoms with van der Waals surface area (Å²) < 4.78 is 0. The lowest BCUT2D eigenvalue weighted by atomic mass is 10.0. The minimum Gasteiger partial charge on any atom is -0.294 e. The summed E-state index contributed by atoms with van der Waals surface area (Å²) in [5.41, 5.74) is 1.83. The highest BCUT2D eigenvalue weighted by Crippen LogP contribution is 2.42. The van der Waals surface area contributed by atoms with Crippen molar-refractivity contribution in [2.75, 3.05) is 0 Å². The van der Waals surface area contributed by atoms with Gasteiger partial charge in [-0.25, -0.2) is 0 Å². The van der Waals surface area contributed by atoms with Crippen LogP contribution in [-0.4, -0.2) is 5.78 Å². The Morgan fingerprint density at radius 1 is 0.880 bits per heavy atom. The number of hydrogen-bond acceptors (Lipinski definition) is 2. The Morgan fingerprint density at radius 2 is 1.52 bits per heavy atom. The smallest absolute Gasteiger partial charge is 0.164 e. The van der Waals surface area contributed by atoms with E-state index in [-0.39, 0.29) is 11.0 Å². The lowest BCUT2D eigenvalue weighted by Gasteiger charge is -2.17. The van der Waals surface area contributed by atoms with Crippen molar-refractivity contribution in [3.8, 4) is 0 Å². The topological polar surface area (TPSA) is 17.1 Å². The molecule has 0 unspecified atom stereocenters. The lowest BCUT2D eigenvalue weighted by molar-refractivity contribution is 0.0982. The zero-order chi connectivity index (χ0) is 17.6. The molecular weight excluding hydrogens is 371 g/mol. The van der Waals surface area contributed by atoms with E-state index in [0.29, 0.717) is 16.5 Å². The van der Waals surface area contributed by atoms with Gasteiger partial charge in [0, 0.05) is 27.2 Å². The van der Waals surface area contributed by atoms with Gasteiger partial charge in [0.25, 0.3) is 0 Å². The number of carbonyl (C=O) groups excluding carboxylic acids is 1. The zero-order valence-corrected chi connectivity index (χ0v) is 15.7. The predicted octanol–water partition coefficient (Wildman–Crippen LogP) is 7.10. The third-order valence-electron chi connectivity index (χ3n) is 3.80. The fourth-order valence-corrected chi connectivity index (χ4v) is 4.22. The minimum absolute atomic E-state index is 0.0208. The molecule has 3 rings (SSSR count). The molecule has 0 aliphatic rings. The molecule has 126 valence electrons. The maximum atomic E-state index is 12.7. The number of halogens is 2. The lowest BCUT2D eigenvalue weighted by Crippen LogP contribution is -2.05. The third-order valence-corrected chi connectivity index (χ3v) is 5.79. The number of benzene rings is 3. The van der Waals surface area contributed by atoms with Gasteiger partial charge in [-0.15, -0.1) is 11.8 Å². The van der Waals surface area contributed by atoms with E-state index in [4.69, 9.17) is 23.2 Å². The summed E-state index contributed by atoms with van der Waals surface area (Å²) in [4.78, 5) is 13.6. The molecule has 0 heterocycles. The van der Waals surface area contributed by atoms with Gasteiger partial charge in [-0.1, -0.05) is 83.9 Å². The Labute approximate surface area is 162 Å². The maximum absolute atomic E-state index is 12.7. The largest absolute Gasteiger partial charge is 0.294 e. The van der Waals surface area contributed by atoms with Gasteiger partial charge >= 0.3 is 0 Å². The number of thioether (sulfide) groups is 1. The second kappa shape index (κ2) is 8.57. The van der Waals surface area contributed by atoms with E-state index in [0.717, 1.165) is 16.0 Å². The van der Waals surface area contributed by atoms with Gasteiger partial charge in [-0.3, -0.25) is 4.79 Å². The fraction of sp³-hybridized carbons (Fsp3) is 0.0952. The van der Waals surface area contributed by atoms with E-state index >= 15 is 0 Å². The first-order valence-electron chi connectivity index (χ1n) is 7.88. The summed E-state index contributed by atoms with van der Waals surface area (Å²) in [5, 5.41) is 1.18. The van der Waals surface area contributed by atoms with E-state index in [9.17, 15) is 4.79 Å². The SMILES string of the molecule is O=C(C[C@@H](Sc1ccc(Cl)cc1Cl)c1ccccc1)c1ccccc1. The van der Waals surface area contributed by atoms with Crippen LogP contribution in [0.1, 0.15) is 27.6 Å². The van der Waals surface area contributed by atoms with Crippen LogP contribution in [0.3, 0.4) is 0 Å². The number of rotatable bonds is 6. The number of Topliss-reactive ketones (excluding diaryl/α,β-unsaturated/α-hetero) is 1. The van der Waals surface area contributed by atoms with Crippen LogP contribution in [0.15, 0.2) is 83.8 Å².